The number of hydrogen-bond donors (Lipinski definition) is 0. The molecule has 0 bridgehead atoms. The largest absolute Gasteiger partial charge is 0.456 e. The SMILES string of the molecule is c1ccc(N(c2ccc3ccc4sc5ccccc5c4c3c2)c2cccc3oc4ccccc4c23)cc1. The molecule has 174 valence electrons. The molecule has 0 unspecified atom stereocenters. The van der Waals surface area contributed by atoms with Gasteiger partial charge in [0.1, 0.15) is 11.2 Å². The molecule has 0 aliphatic rings. The fourth-order valence-electron chi connectivity index (χ4n) is 5.62. The van der Waals surface area contributed by atoms with Crippen LogP contribution in [0.15, 0.2) is 132 Å². The van der Waals surface area contributed by atoms with E-state index in [-0.39, 0.29) is 0 Å². The van der Waals surface area contributed by atoms with E-state index in [1.165, 1.54) is 30.9 Å². The molecule has 3 heteroatoms. The Hall–Kier alpha value is -4.60. The Morgan fingerprint density at radius 3 is 2.16 bits per heavy atom. The van der Waals surface area contributed by atoms with Gasteiger partial charge in [-0.25, -0.2) is 0 Å². The van der Waals surface area contributed by atoms with Crippen molar-refractivity contribution in [1.29, 1.82) is 0 Å². The monoisotopic (exact) mass is 491 g/mol. The summed E-state index contributed by atoms with van der Waals surface area (Å²) in [6.07, 6.45) is 0. The van der Waals surface area contributed by atoms with Crippen LogP contribution >= 0.6 is 11.3 Å². The van der Waals surface area contributed by atoms with Crippen LogP contribution in [0.25, 0.3) is 52.9 Å². The van der Waals surface area contributed by atoms with Crippen LogP contribution in [0.2, 0.25) is 0 Å². The summed E-state index contributed by atoms with van der Waals surface area (Å²) in [5, 5.41) is 7.43. The van der Waals surface area contributed by atoms with E-state index in [0.717, 1.165) is 39.0 Å². The second kappa shape index (κ2) is 7.95. The molecule has 0 saturated heterocycles. The number of rotatable bonds is 3. The maximum absolute atomic E-state index is 6.26. The highest BCUT2D eigenvalue weighted by molar-refractivity contribution is 7.26. The molecular weight excluding hydrogens is 470 g/mol. The summed E-state index contributed by atoms with van der Waals surface area (Å²) in [5.74, 6) is 0. The first-order valence-electron chi connectivity index (χ1n) is 12.4. The van der Waals surface area contributed by atoms with Crippen molar-refractivity contribution in [3.63, 3.8) is 0 Å². The fourth-order valence-corrected chi connectivity index (χ4v) is 6.74. The van der Waals surface area contributed by atoms with E-state index < -0.39 is 0 Å². The number of furan rings is 1. The summed E-state index contributed by atoms with van der Waals surface area (Å²) in [7, 11) is 0. The van der Waals surface area contributed by atoms with Crippen LogP contribution in [0, 0.1) is 0 Å². The van der Waals surface area contributed by atoms with Crippen molar-refractivity contribution >= 4 is 81.3 Å². The number of hydrogen-bond acceptors (Lipinski definition) is 3. The lowest BCUT2D eigenvalue weighted by atomic mass is 10.0. The van der Waals surface area contributed by atoms with Gasteiger partial charge in [0.15, 0.2) is 0 Å². The van der Waals surface area contributed by atoms with Gasteiger partial charge in [-0.3, -0.25) is 0 Å². The second-order valence-corrected chi connectivity index (χ2v) is 10.4. The number of nitrogens with zero attached hydrogens (tertiary/aromatic N) is 1. The van der Waals surface area contributed by atoms with Gasteiger partial charge in [0.25, 0.3) is 0 Å². The first-order valence-corrected chi connectivity index (χ1v) is 13.3. The minimum atomic E-state index is 0.895. The Labute approximate surface area is 217 Å². The van der Waals surface area contributed by atoms with Crippen LogP contribution < -0.4 is 4.90 Å². The molecule has 0 saturated carbocycles. The first-order chi connectivity index (χ1) is 18.3. The lowest BCUT2D eigenvalue weighted by Crippen LogP contribution is -2.10. The van der Waals surface area contributed by atoms with Gasteiger partial charge in [-0.15, -0.1) is 11.3 Å². The van der Waals surface area contributed by atoms with Gasteiger partial charge >= 0.3 is 0 Å². The summed E-state index contributed by atoms with van der Waals surface area (Å²) in [6.45, 7) is 0. The van der Waals surface area contributed by atoms with Crippen molar-refractivity contribution in [2.45, 2.75) is 0 Å². The lowest BCUT2D eigenvalue weighted by molar-refractivity contribution is 0.669. The zero-order chi connectivity index (χ0) is 24.3. The predicted octanol–water partition coefficient (Wildman–Crippen LogP) is 10.6. The van der Waals surface area contributed by atoms with Crippen LogP contribution in [0.4, 0.5) is 17.1 Å². The maximum atomic E-state index is 6.26. The summed E-state index contributed by atoms with van der Waals surface area (Å²) < 4.78 is 8.90. The van der Waals surface area contributed by atoms with Gasteiger partial charge in [0, 0.05) is 36.9 Å². The topological polar surface area (TPSA) is 16.4 Å². The van der Waals surface area contributed by atoms with E-state index in [2.05, 4.69) is 120 Å². The molecule has 2 nitrogen and oxygen atoms in total. The van der Waals surface area contributed by atoms with Crippen molar-refractivity contribution in [2.75, 3.05) is 4.90 Å². The number of benzene rings is 6. The minimum Gasteiger partial charge on any atom is -0.456 e. The zero-order valence-corrected chi connectivity index (χ0v) is 20.7. The van der Waals surface area contributed by atoms with Crippen molar-refractivity contribution in [1.82, 2.24) is 0 Å². The first kappa shape index (κ1) is 20.6. The number of fused-ring (bicyclic) bond motifs is 8. The van der Waals surface area contributed by atoms with E-state index in [0.29, 0.717) is 0 Å². The van der Waals surface area contributed by atoms with Crippen LogP contribution in [-0.4, -0.2) is 0 Å². The van der Waals surface area contributed by atoms with Gasteiger partial charge in [-0.1, -0.05) is 72.8 Å². The third kappa shape index (κ3) is 3.11. The zero-order valence-electron chi connectivity index (χ0n) is 19.9. The molecule has 0 spiro atoms. The van der Waals surface area contributed by atoms with E-state index in [4.69, 9.17) is 4.42 Å². The van der Waals surface area contributed by atoms with Crippen LogP contribution in [0.5, 0.6) is 0 Å². The molecule has 2 heterocycles. The molecule has 0 aliphatic heterocycles. The van der Waals surface area contributed by atoms with Gasteiger partial charge < -0.3 is 9.32 Å². The molecule has 0 radical (unpaired) electrons. The Balaban J connectivity index is 1.46. The third-order valence-electron chi connectivity index (χ3n) is 7.24. The summed E-state index contributed by atoms with van der Waals surface area (Å²) in [5.41, 5.74) is 5.14. The average molecular weight is 492 g/mol. The molecule has 0 aliphatic carbocycles. The summed E-state index contributed by atoms with van der Waals surface area (Å²) in [4.78, 5) is 2.36. The van der Waals surface area contributed by atoms with Crippen molar-refractivity contribution in [2.24, 2.45) is 0 Å². The van der Waals surface area contributed by atoms with Crippen LogP contribution in [0.1, 0.15) is 0 Å². The molecule has 2 aromatic heterocycles. The fraction of sp³-hybridized carbons (Fsp3) is 0. The normalized spacial score (nSPS) is 11.8. The number of anilines is 3. The second-order valence-electron chi connectivity index (χ2n) is 9.36. The average Bonchev–Trinajstić information content (AvgIpc) is 3.53. The Morgan fingerprint density at radius 2 is 1.24 bits per heavy atom. The highest BCUT2D eigenvalue weighted by Crippen LogP contribution is 2.45. The van der Waals surface area contributed by atoms with E-state index >= 15 is 0 Å². The summed E-state index contributed by atoms with van der Waals surface area (Å²) in [6, 6.07) is 45.3. The molecule has 6 aromatic carbocycles. The van der Waals surface area contributed by atoms with Gasteiger partial charge in [-0.05, 0) is 65.4 Å². The smallest absolute Gasteiger partial charge is 0.137 e. The Morgan fingerprint density at radius 1 is 0.486 bits per heavy atom. The van der Waals surface area contributed by atoms with E-state index in [1.807, 2.05) is 23.5 Å². The van der Waals surface area contributed by atoms with Crippen molar-refractivity contribution < 1.29 is 4.42 Å². The summed E-state index contributed by atoms with van der Waals surface area (Å²) >= 11 is 1.86. The van der Waals surface area contributed by atoms with E-state index in [1.54, 1.807) is 0 Å². The van der Waals surface area contributed by atoms with Crippen molar-refractivity contribution in [3.8, 4) is 0 Å². The standard InChI is InChI=1S/C34H21NOS/c1-2-9-23(10-3-1)35(28-13-8-15-30-34(28)25-11-4-6-14-29(25)36-30)24-19-17-22-18-20-32-33(27(22)21-24)26-12-5-7-16-31(26)37-32/h1-21H. The molecule has 8 rings (SSSR count). The molecule has 0 N–H and O–H groups in total. The molecule has 0 fully saturated rings. The van der Waals surface area contributed by atoms with Crippen LogP contribution in [0.3, 0.4) is 0 Å². The lowest BCUT2D eigenvalue weighted by Gasteiger charge is -2.26. The van der Waals surface area contributed by atoms with Gasteiger partial charge in [0.05, 0.1) is 11.1 Å². The Bertz CT molecular complexity index is 2100. The highest BCUT2D eigenvalue weighted by atomic mass is 32.1. The van der Waals surface area contributed by atoms with Crippen LogP contribution in [-0.2, 0) is 0 Å². The van der Waals surface area contributed by atoms with Gasteiger partial charge in [0.2, 0.25) is 0 Å². The maximum Gasteiger partial charge on any atom is 0.137 e. The molecule has 0 atom stereocenters. The number of thiophene rings is 1. The highest BCUT2D eigenvalue weighted by Gasteiger charge is 2.20. The molecule has 8 aromatic rings. The van der Waals surface area contributed by atoms with Crippen molar-refractivity contribution in [3.05, 3.63) is 127 Å². The minimum absolute atomic E-state index is 0.895. The number of para-hydroxylation sites is 2. The molecular formula is C34H21NOS. The quantitative estimate of drug-likeness (QED) is 0.244. The van der Waals surface area contributed by atoms with Gasteiger partial charge in [-0.2, -0.15) is 0 Å². The molecule has 0 amide bonds. The third-order valence-corrected chi connectivity index (χ3v) is 8.37. The Kier molecular flexibility index (Phi) is 4.42. The molecule has 37 heavy (non-hydrogen) atoms. The predicted molar refractivity (Wildman–Crippen MR) is 159 cm³/mol. The van der Waals surface area contributed by atoms with E-state index in [9.17, 15) is 0 Å².